The Morgan fingerprint density at radius 1 is 1.46 bits per heavy atom. The van der Waals surface area contributed by atoms with Crippen molar-refractivity contribution in [1.82, 2.24) is 14.1 Å². The number of halogens is 3. The van der Waals surface area contributed by atoms with E-state index in [0.717, 1.165) is 15.2 Å². The maximum atomic E-state index is 13.1. The third-order valence-corrected chi connectivity index (χ3v) is 6.76. The first-order valence-electron chi connectivity index (χ1n) is 7.33. The molecule has 1 N–H and O–H groups in total. The molecule has 1 saturated heterocycles. The number of carboxylic acid groups (broad SMARTS) is 1. The quantitative estimate of drug-likeness (QED) is 0.870. The van der Waals surface area contributed by atoms with Crippen LogP contribution in [0.1, 0.15) is 25.0 Å². The molecule has 24 heavy (non-hydrogen) atoms. The molecule has 0 radical (unpaired) electrons. The number of carboxylic acids is 1. The van der Waals surface area contributed by atoms with Crippen molar-refractivity contribution < 1.29 is 31.5 Å². The van der Waals surface area contributed by atoms with Crippen LogP contribution in [0.3, 0.4) is 0 Å². The number of fused-ring (bicyclic) bond motifs is 1. The van der Waals surface area contributed by atoms with Crippen molar-refractivity contribution in [2.45, 2.75) is 30.3 Å². The highest BCUT2D eigenvalue weighted by Gasteiger charge is 2.58. The van der Waals surface area contributed by atoms with E-state index >= 15 is 0 Å². The molecule has 0 unspecified atom stereocenters. The lowest BCUT2D eigenvalue weighted by molar-refractivity contribution is -0.149. The summed E-state index contributed by atoms with van der Waals surface area (Å²) in [5.41, 5.74) is -2.68. The number of rotatable bonds is 3. The Labute approximate surface area is 136 Å². The summed E-state index contributed by atoms with van der Waals surface area (Å²) in [7, 11) is -3.28. The van der Waals surface area contributed by atoms with Crippen LogP contribution in [0.25, 0.3) is 0 Å². The maximum absolute atomic E-state index is 13.1. The Hall–Kier alpha value is -1.62. The van der Waals surface area contributed by atoms with Gasteiger partial charge < -0.3 is 5.11 Å². The van der Waals surface area contributed by atoms with Gasteiger partial charge in [0, 0.05) is 26.3 Å². The fourth-order valence-corrected chi connectivity index (χ4v) is 5.51. The number of alkyl halides is 3. The Bertz CT molecular complexity index is 789. The fourth-order valence-electron chi connectivity index (χ4n) is 3.77. The minimum Gasteiger partial charge on any atom is -0.481 e. The van der Waals surface area contributed by atoms with E-state index in [1.54, 1.807) is 0 Å². The third kappa shape index (κ3) is 2.41. The van der Waals surface area contributed by atoms with Gasteiger partial charge in [0.15, 0.2) is 5.69 Å². The highest BCUT2D eigenvalue weighted by atomic mass is 32.2. The van der Waals surface area contributed by atoms with Crippen LogP contribution in [0.15, 0.2) is 11.1 Å². The summed E-state index contributed by atoms with van der Waals surface area (Å²) in [5.74, 6) is -1.47. The lowest BCUT2D eigenvalue weighted by Crippen LogP contribution is -2.37. The molecule has 7 nitrogen and oxygen atoms in total. The summed E-state index contributed by atoms with van der Waals surface area (Å²) in [6.45, 7) is -0.387. The van der Waals surface area contributed by atoms with Crippen LogP contribution in [0, 0.1) is 11.3 Å². The molecule has 1 aromatic heterocycles. The summed E-state index contributed by atoms with van der Waals surface area (Å²) < 4.78 is 66.2. The van der Waals surface area contributed by atoms with E-state index < -0.39 is 38.2 Å². The first-order chi connectivity index (χ1) is 11.0. The topological polar surface area (TPSA) is 92.5 Å². The monoisotopic (exact) mass is 367 g/mol. The molecule has 134 valence electrons. The molecule has 0 bridgehead atoms. The molecule has 11 heteroatoms. The molecular weight excluding hydrogens is 351 g/mol. The summed E-state index contributed by atoms with van der Waals surface area (Å²) in [6, 6.07) is 0. The standard InChI is InChI=1S/C13H16F3N3O4S/c1-18-6-9(10(17-18)13(14,15)16)24(22,23)19-5-8-3-2-4-12(8,7-19)11(20)21/h6,8H,2-5,7H2,1H3,(H,20,21)/t8-,12+/m0/s1. The van der Waals surface area contributed by atoms with Gasteiger partial charge in [0.25, 0.3) is 0 Å². The van der Waals surface area contributed by atoms with E-state index in [4.69, 9.17) is 0 Å². The van der Waals surface area contributed by atoms with Gasteiger partial charge in [-0.1, -0.05) is 6.42 Å². The number of hydrogen-bond donors (Lipinski definition) is 1. The van der Waals surface area contributed by atoms with E-state index in [-0.39, 0.29) is 19.0 Å². The molecule has 1 saturated carbocycles. The van der Waals surface area contributed by atoms with Crippen LogP contribution in [-0.4, -0.2) is 46.7 Å². The zero-order valence-electron chi connectivity index (χ0n) is 12.7. The van der Waals surface area contributed by atoms with Gasteiger partial charge in [-0.2, -0.15) is 22.6 Å². The molecule has 2 atom stereocenters. The average molecular weight is 367 g/mol. The van der Waals surface area contributed by atoms with Crippen LogP contribution in [-0.2, 0) is 28.0 Å². The predicted molar refractivity (Wildman–Crippen MR) is 74.4 cm³/mol. The van der Waals surface area contributed by atoms with Crippen LogP contribution in [0.5, 0.6) is 0 Å². The minimum absolute atomic E-state index is 0.0825. The van der Waals surface area contributed by atoms with Gasteiger partial charge in [0.2, 0.25) is 10.0 Å². The normalized spacial score (nSPS) is 28.2. The lowest BCUT2D eigenvalue weighted by atomic mass is 9.81. The number of aromatic nitrogens is 2. The molecule has 1 aromatic rings. The Morgan fingerprint density at radius 3 is 2.67 bits per heavy atom. The van der Waals surface area contributed by atoms with Gasteiger partial charge in [-0.3, -0.25) is 9.48 Å². The van der Waals surface area contributed by atoms with Crippen molar-refractivity contribution in [2.75, 3.05) is 13.1 Å². The molecule has 2 aliphatic rings. The van der Waals surface area contributed by atoms with E-state index in [2.05, 4.69) is 5.10 Å². The maximum Gasteiger partial charge on any atom is 0.436 e. The molecule has 1 aliphatic carbocycles. The fraction of sp³-hybridized carbons (Fsp3) is 0.692. The van der Waals surface area contributed by atoms with Gasteiger partial charge in [-0.05, 0) is 18.8 Å². The Balaban J connectivity index is 2.01. The molecule has 2 heterocycles. The second-order valence-electron chi connectivity index (χ2n) is 6.36. The van der Waals surface area contributed by atoms with Crippen molar-refractivity contribution in [3.63, 3.8) is 0 Å². The molecule has 0 spiro atoms. The molecule has 2 fully saturated rings. The molecule has 1 aliphatic heterocycles. The van der Waals surface area contributed by atoms with Crippen LogP contribution in [0.2, 0.25) is 0 Å². The predicted octanol–water partition coefficient (Wildman–Crippen LogP) is 1.31. The number of hydrogen-bond acceptors (Lipinski definition) is 4. The van der Waals surface area contributed by atoms with Gasteiger partial charge >= 0.3 is 12.1 Å². The van der Waals surface area contributed by atoms with E-state index in [9.17, 15) is 31.5 Å². The summed E-state index contributed by atoms with van der Waals surface area (Å²) in [4.78, 5) is 10.7. The molecule has 0 amide bonds. The SMILES string of the molecule is Cn1cc(S(=O)(=O)N2C[C@@H]3CCC[C@@]3(C(=O)O)C2)c(C(F)(F)F)n1. The van der Waals surface area contributed by atoms with Crippen molar-refractivity contribution in [2.24, 2.45) is 18.4 Å². The van der Waals surface area contributed by atoms with Crippen molar-refractivity contribution in [1.29, 1.82) is 0 Å². The number of aryl methyl sites for hydroxylation is 1. The van der Waals surface area contributed by atoms with E-state index in [0.29, 0.717) is 19.3 Å². The minimum atomic E-state index is -4.91. The highest BCUT2D eigenvalue weighted by Crippen LogP contribution is 2.50. The largest absolute Gasteiger partial charge is 0.481 e. The van der Waals surface area contributed by atoms with Crippen molar-refractivity contribution in [3.8, 4) is 0 Å². The average Bonchev–Trinajstić information content (AvgIpc) is 3.08. The summed E-state index contributed by atoms with van der Waals surface area (Å²) >= 11 is 0. The smallest absolute Gasteiger partial charge is 0.436 e. The molecule has 3 rings (SSSR count). The second-order valence-corrected chi connectivity index (χ2v) is 8.27. The van der Waals surface area contributed by atoms with Gasteiger partial charge in [-0.25, -0.2) is 8.42 Å². The summed E-state index contributed by atoms with van der Waals surface area (Å²) in [5, 5.41) is 12.7. The molecule has 0 aromatic carbocycles. The number of nitrogens with zero attached hydrogens (tertiary/aromatic N) is 3. The second kappa shape index (κ2) is 5.19. The Morgan fingerprint density at radius 2 is 2.12 bits per heavy atom. The zero-order valence-corrected chi connectivity index (χ0v) is 13.6. The van der Waals surface area contributed by atoms with Crippen LogP contribution >= 0.6 is 0 Å². The highest BCUT2D eigenvalue weighted by molar-refractivity contribution is 7.89. The van der Waals surface area contributed by atoms with Crippen LogP contribution in [0.4, 0.5) is 13.2 Å². The molecular formula is C13H16F3N3O4S. The number of aliphatic carboxylic acids is 1. The lowest BCUT2D eigenvalue weighted by Gasteiger charge is -2.23. The third-order valence-electron chi connectivity index (χ3n) is 4.95. The first kappa shape index (κ1) is 17.2. The van der Waals surface area contributed by atoms with Crippen molar-refractivity contribution in [3.05, 3.63) is 11.9 Å². The van der Waals surface area contributed by atoms with Crippen LogP contribution < -0.4 is 0 Å². The Kier molecular flexibility index (Phi) is 3.72. The summed E-state index contributed by atoms with van der Waals surface area (Å²) in [6.07, 6.45) is -2.55. The van der Waals surface area contributed by atoms with Gasteiger partial charge in [0.1, 0.15) is 4.90 Å². The van der Waals surface area contributed by atoms with Crippen molar-refractivity contribution >= 4 is 16.0 Å². The van der Waals surface area contributed by atoms with Gasteiger partial charge in [-0.15, -0.1) is 0 Å². The zero-order chi connectivity index (χ0) is 17.9. The van der Waals surface area contributed by atoms with E-state index in [1.807, 2.05) is 0 Å². The van der Waals surface area contributed by atoms with Gasteiger partial charge in [0.05, 0.1) is 5.41 Å². The first-order valence-corrected chi connectivity index (χ1v) is 8.77. The van der Waals surface area contributed by atoms with E-state index in [1.165, 1.54) is 7.05 Å². The number of sulfonamides is 1. The number of carbonyl (C=O) groups is 1.